The number of fused-ring (bicyclic) bond motifs is 4. The summed E-state index contributed by atoms with van der Waals surface area (Å²) in [5, 5.41) is 20.5. The van der Waals surface area contributed by atoms with Crippen LogP contribution >= 0.6 is 0 Å². The Morgan fingerprint density at radius 2 is 1.56 bits per heavy atom. The van der Waals surface area contributed by atoms with Crippen LogP contribution in [0.5, 0.6) is 0 Å². The second-order valence-electron chi connectivity index (χ2n) is 12.3. The maximum atomic E-state index is 15.1. The number of rotatable bonds is 3. The molecule has 2 fully saturated rings. The van der Waals surface area contributed by atoms with Gasteiger partial charge in [-0.25, -0.2) is 0 Å². The van der Waals surface area contributed by atoms with Crippen LogP contribution in [0.25, 0.3) is 11.1 Å². The van der Waals surface area contributed by atoms with Gasteiger partial charge in [0.1, 0.15) is 5.60 Å². The van der Waals surface area contributed by atoms with E-state index < -0.39 is 41.4 Å². The van der Waals surface area contributed by atoms with Crippen LogP contribution in [0.3, 0.4) is 0 Å². The summed E-state index contributed by atoms with van der Waals surface area (Å²) in [7, 11) is 0. The molecule has 4 aliphatic rings. The van der Waals surface area contributed by atoms with Crippen LogP contribution in [0.15, 0.2) is 71.3 Å². The largest absolute Gasteiger partial charge is 0.456 e. The fourth-order valence-corrected chi connectivity index (χ4v) is 8.36. The number of ketones is 1. The molecular weight excluding hydrogens is 537 g/mol. The molecule has 0 saturated heterocycles. The summed E-state index contributed by atoms with van der Waals surface area (Å²) in [6.07, 6.45) is -2.79. The maximum Gasteiger partial charge on any atom is 0.456 e. The van der Waals surface area contributed by atoms with Gasteiger partial charge in [-0.05, 0) is 96.4 Å². The third-order valence-corrected chi connectivity index (χ3v) is 10.4. The molecule has 8 heteroatoms. The molecule has 0 bridgehead atoms. The number of carbonyl (C=O) groups is 1. The fourth-order valence-electron chi connectivity index (χ4n) is 8.36. The van der Waals surface area contributed by atoms with Crippen LogP contribution in [0.2, 0.25) is 0 Å². The normalized spacial score (nSPS) is 31.6. The van der Waals surface area contributed by atoms with E-state index in [0.717, 1.165) is 33.4 Å². The molecular formula is C33H30F5NO2. The van der Waals surface area contributed by atoms with E-state index in [0.29, 0.717) is 31.2 Å². The highest BCUT2D eigenvalue weighted by Crippen LogP contribution is 2.70. The van der Waals surface area contributed by atoms with E-state index in [1.807, 2.05) is 36.4 Å². The number of alkyl halides is 5. The maximum absolute atomic E-state index is 15.1. The van der Waals surface area contributed by atoms with Gasteiger partial charge in [0.25, 0.3) is 0 Å². The molecule has 4 aliphatic carbocycles. The van der Waals surface area contributed by atoms with Crippen molar-refractivity contribution in [3.8, 4) is 17.2 Å². The van der Waals surface area contributed by atoms with Crippen molar-refractivity contribution in [1.29, 1.82) is 5.26 Å². The highest BCUT2D eigenvalue weighted by molar-refractivity contribution is 5.93. The molecule has 2 aromatic carbocycles. The molecule has 0 aromatic heterocycles. The van der Waals surface area contributed by atoms with E-state index in [9.17, 15) is 23.1 Å². The van der Waals surface area contributed by atoms with Crippen LogP contribution in [-0.2, 0) is 4.79 Å². The lowest BCUT2D eigenvalue weighted by Gasteiger charge is -2.56. The zero-order valence-corrected chi connectivity index (χ0v) is 22.6. The Morgan fingerprint density at radius 1 is 0.927 bits per heavy atom. The number of allylic oxidation sites excluding steroid dienone is 4. The Bertz CT molecular complexity index is 1500. The summed E-state index contributed by atoms with van der Waals surface area (Å²) in [6, 6.07) is 16.7. The molecule has 2 saturated carbocycles. The minimum atomic E-state index is -5.87. The number of aliphatic hydroxyl groups is 1. The second kappa shape index (κ2) is 9.35. The zero-order chi connectivity index (χ0) is 29.4. The average Bonchev–Trinajstić information content (AvgIpc) is 3.23. The number of benzene rings is 2. The number of hydrogen-bond donors (Lipinski definition) is 1. The van der Waals surface area contributed by atoms with Crippen molar-refractivity contribution in [2.24, 2.45) is 17.3 Å². The highest BCUT2D eigenvalue weighted by atomic mass is 19.4. The summed E-state index contributed by atoms with van der Waals surface area (Å²) >= 11 is 0. The fraction of sp³-hybridized carbons (Fsp3) is 0.455. The Hall–Kier alpha value is -3.31. The summed E-state index contributed by atoms with van der Waals surface area (Å²) in [6.45, 7) is 1.43. The van der Waals surface area contributed by atoms with Gasteiger partial charge in [0.2, 0.25) is 0 Å². The quantitative estimate of drug-likeness (QED) is 0.382. The van der Waals surface area contributed by atoms with Gasteiger partial charge < -0.3 is 5.11 Å². The predicted octanol–water partition coefficient (Wildman–Crippen LogP) is 8.05. The molecule has 3 nitrogen and oxygen atoms in total. The van der Waals surface area contributed by atoms with E-state index in [4.69, 9.17) is 5.26 Å². The predicted molar refractivity (Wildman–Crippen MR) is 143 cm³/mol. The molecule has 0 amide bonds. The topological polar surface area (TPSA) is 61.1 Å². The highest BCUT2D eigenvalue weighted by Gasteiger charge is 2.79. The lowest BCUT2D eigenvalue weighted by atomic mass is 9.50. The van der Waals surface area contributed by atoms with Gasteiger partial charge in [-0.2, -0.15) is 27.2 Å². The monoisotopic (exact) mass is 567 g/mol. The van der Waals surface area contributed by atoms with E-state index in [1.165, 1.54) is 6.92 Å². The van der Waals surface area contributed by atoms with Crippen LogP contribution in [-0.4, -0.2) is 28.6 Å². The van der Waals surface area contributed by atoms with Crippen molar-refractivity contribution in [3.63, 3.8) is 0 Å². The minimum absolute atomic E-state index is 0.0480. The lowest BCUT2D eigenvalue weighted by Crippen LogP contribution is -2.65. The van der Waals surface area contributed by atoms with Gasteiger partial charge in [-0.3, -0.25) is 4.79 Å². The standard InChI is InChI=1S/C33H30F5NO2/c1-30-17-27(22-8-6-21(7-9-22)20-4-2-19(18-39)3-5-20)29-25-13-11-24(40)16-23(25)10-12-26(29)28(30)14-15-31(30,41)32(34,35)33(36,37)38/h2-9,16,26-28,41H,10-15,17H2,1H3/t26?,27-,28?,30+,31+/m1/s1. The van der Waals surface area contributed by atoms with Gasteiger partial charge >= 0.3 is 12.1 Å². The summed E-state index contributed by atoms with van der Waals surface area (Å²) in [5.74, 6) is -6.47. The van der Waals surface area contributed by atoms with Crippen molar-refractivity contribution in [2.45, 2.75) is 75.5 Å². The first kappa shape index (κ1) is 27.8. The van der Waals surface area contributed by atoms with Crippen molar-refractivity contribution in [3.05, 3.63) is 82.5 Å². The molecule has 6 rings (SSSR count). The zero-order valence-electron chi connectivity index (χ0n) is 22.6. The molecule has 0 aliphatic heterocycles. The SMILES string of the molecule is C[C@]12C[C@H](c3ccc(-c4ccc(C#N)cc4)cc3)C3=C4CCC(=O)C=C4CCC3C1CC[C@@]2(O)C(F)(F)C(F)(F)F. The average molecular weight is 568 g/mol. The van der Waals surface area contributed by atoms with E-state index in [2.05, 4.69) is 6.07 Å². The Morgan fingerprint density at radius 3 is 2.17 bits per heavy atom. The molecule has 214 valence electrons. The lowest BCUT2D eigenvalue weighted by molar-refractivity contribution is -0.362. The van der Waals surface area contributed by atoms with Crippen LogP contribution in [0, 0.1) is 28.6 Å². The van der Waals surface area contributed by atoms with Crippen molar-refractivity contribution < 1.29 is 31.9 Å². The molecule has 0 spiro atoms. The second-order valence-corrected chi connectivity index (χ2v) is 12.3. The van der Waals surface area contributed by atoms with Crippen LogP contribution in [0.4, 0.5) is 22.0 Å². The van der Waals surface area contributed by atoms with Gasteiger partial charge in [0.05, 0.1) is 11.6 Å². The molecule has 1 N–H and O–H groups in total. The first-order valence-electron chi connectivity index (χ1n) is 14.0. The van der Waals surface area contributed by atoms with E-state index in [1.54, 1.807) is 18.2 Å². The van der Waals surface area contributed by atoms with Crippen LogP contribution < -0.4 is 0 Å². The molecule has 41 heavy (non-hydrogen) atoms. The van der Waals surface area contributed by atoms with Crippen molar-refractivity contribution >= 4 is 5.78 Å². The van der Waals surface area contributed by atoms with Crippen LogP contribution in [0.1, 0.15) is 68.9 Å². The smallest absolute Gasteiger partial charge is 0.383 e. The number of hydrogen-bond acceptors (Lipinski definition) is 3. The van der Waals surface area contributed by atoms with Crippen molar-refractivity contribution in [2.75, 3.05) is 0 Å². The van der Waals surface area contributed by atoms with Gasteiger partial charge in [0, 0.05) is 17.8 Å². The summed E-state index contributed by atoms with van der Waals surface area (Å²) in [5.41, 5.74) is 1.21. The number of nitrogens with zero attached hydrogens (tertiary/aromatic N) is 1. The van der Waals surface area contributed by atoms with E-state index in [-0.39, 0.29) is 24.5 Å². The number of halogens is 5. The number of carbonyl (C=O) groups excluding carboxylic acids is 1. The van der Waals surface area contributed by atoms with Crippen molar-refractivity contribution in [1.82, 2.24) is 0 Å². The Labute approximate surface area is 235 Å². The summed E-state index contributed by atoms with van der Waals surface area (Å²) < 4.78 is 71.5. The van der Waals surface area contributed by atoms with Gasteiger partial charge in [0.15, 0.2) is 5.78 Å². The first-order chi connectivity index (χ1) is 19.3. The van der Waals surface area contributed by atoms with Gasteiger partial charge in [-0.15, -0.1) is 0 Å². The molecule has 2 unspecified atom stereocenters. The molecule has 0 heterocycles. The third-order valence-electron chi connectivity index (χ3n) is 10.4. The third kappa shape index (κ3) is 4.03. The molecule has 2 aromatic rings. The first-order valence-corrected chi connectivity index (χ1v) is 14.0. The molecule has 5 atom stereocenters. The Kier molecular flexibility index (Phi) is 6.35. The Balaban J connectivity index is 1.47. The molecule has 0 radical (unpaired) electrons. The van der Waals surface area contributed by atoms with Gasteiger partial charge in [-0.1, -0.05) is 48.9 Å². The number of nitriles is 1. The summed E-state index contributed by atoms with van der Waals surface area (Å²) in [4.78, 5) is 12.2. The minimum Gasteiger partial charge on any atom is -0.383 e. The van der Waals surface area contributed by atoms with E-state index >= 15 is 8.78 Å².